The third-order valence-electron chi connectivity index (χ3n) is 2.11. The fourth-order valence-corrected chi connectivity index (χ4v) is 1.30. The van der Waals surface area contributed by atoms with Crippen molar-refractivity contribution < 1.29 is 19.4 Å². The second-order valence-corrected chi connectivity index (χ2v) is 3.63. The molecule has 0 spiro atoms. The lowest BCUT2D eigenvalue weighted by atomic mass is 9.91. The molecule has 0 aromatic rings. The summed E-state index contributed by atoms with van der Waals surface area (Å²) in [6.45, 7) is 1.68. The minimum absolute atomic E-state index is 0.163. The van der Waals surface area contributed by atoms with E-state index in [1.165, 1.54) is 19.0 Å². The maximum absolute atomic E-state index is 11.2. The van der Waals surface area contributed by atoms with E-state index in [1.807, 2.05) is 0 Å². The molecule has 3 N–H and O–H groups in total. The molecule has 0 saturated carbocycles. The van der Waals surface area contributed by atoms with Crippen LogP contribution < -0.4 is 10.8 Å². The molecule has 0 aromatic heterocycles. The lowest BCUT2D eigenvalue weighted by molar-refractivity contribution is -0.137. The summed E-state index contributed by atoms with van der Waals surface area (Å²) in [6.07, 6.45) is 2.96. The van der Waals surface area contributed by atoms with Crippen molar-refractivity contribution in [2.75, 3.05) is 6.54 Å². The highest BCUT2D eigenvalue weighted by Gasteiger charge is 2.22. The topological polar surface area (TPSA) is 98.7 Å². The van der Waals surface area contributed by atoms with Crippen molar-refractivity contribution in [3.63, 3.8) is 0 Å². The zero-order valence-corrected chi connectivity index (χ0v) is 9.47. The Morgan fingerprint density at radius 1 is 1.41 bits per heavy atom. The fourth-order valence-electron chi connectivity index (χ4n) is 1.30. The van der Waals surface area contributed by atoms with Gasteiger partial charge in [-0.1, -0.05) is 0 Å². The molecular formula is C9H14BN3O4. The van der Waals surface area contributed by atoms with E-state index in [1.54, 1.807) is 0 Å². The van der Waals surface area contributed by atoms with E-state index in [0.29, 0.717) is 6.42 Å². The van der Waals surface area contributed by atoms with Crippen molar-refractivity contribution in [2.24, 2.45) is 0 Å². The molecule has 7 nitrogen and oxygen atoms in total. The third kappa shape index (κ3) is 4.37. The molecule has 0 aromatic carbocycles. The predicted octanol–water partition coefficient (Wildman–Crippen LogP) is -1.58. The number of nitrogens with zero attached hydrogens (tertiary/aromatic N) is 1. The van der Waals surface area contributed by atoms with Crippen molar-refractivity contribution in [1.82, 2.24) is 15.7 Å². The number of imide groups is 1. The monoisotopic (exact) mass is 239 g/mol. The Balaban J connectivity index is 2.18. The number of carbonyl (C=O) groups excluding carboxylic acids is 3. The van der Waals surface area contributed by atoms with Crippen molar-refractivity contribution in [3.05, 3.63) is 12.2 Å². The number of rotatable bonds is 6. The smallest absolute Gasteiger partial charge is 0.392 e. The Morgan fingerprint density at radius 3 is 2.53 bits per heavy atom. The number of amides is 3. The van der Waals surface area contributed by atoms with Gasteiger partial charge in [0, 0.05) is 25.1 Å². The van der Waals surface area contributed by atoms with Gasteiger partial charge in [-0.15, -0.1) is 0 Å². The van der Waals surface area contributed by atoms with Crippen molar-refractivity contribution in [1.29, 1.82) is 0 Å². The maximum Gasteiger partial charge on any atom is 0.392 e. The lowest BCUT2D eigenvalue weighted by Gasteiger charge is -2.13. The summed E-state index contributed by atoms with van der Waals surface area (Å²) < 4.78 is 0. The number of hydrazine groups is 1. The lowest BCUT2D eigenvalue weighted by Crippen LogP contribution is -2.45. The molecular weight excluding hydrogens is 225 g/mol. The zero-order chi connectivity index (χ0) is 12.8. The van der Waals surface area contributed by atoms with Gasteiger partial charge in [0.15, 0.2) is 0 Å². The van der Waals surface area contributed by atoms with E-state index >= 15 is 0 Å². The highest BCUT2D eigenvalue weighted by molar-refractivity contribution is 6.45. The first-order valence-electron chi connectivity index (χ1n) is 5.26. The highest BCUT2D eigenvalue weighted by Crippen LogP contribution is 2.05. The second kappa shape index (κ2) is 6.16. The standard InChI is InChI=1S/C9H14BN3O4/c1-10(17)12-11-7(14)3-2-6-13-8(15)4-5-9(13)16/h4-5,12,17H,2-3,6H2,1H3,(H,11,14). The van der Waals surface area contributed by atoms with Crippen LogP contribution in [0.5, 0.6) is 0 Å². The first-order valence-corrected chi connectivity index (χ1v) is 5.26. The SMILES string of the molecule is CB(O)NNC(=O)CCCN1C(=O)C=CC1=O. The Labute approximate surface area is 99.0 Å². The van der Waals surface area contributed by atoms with Crippen molar-refractivity contribution in [2.45, 2.75) is 19.7 Å². The number of hydrogen-bond donors (Lipinski definition) is 3. The first kappa shape index (κ1) is 13.4. The third-order valence-corrected chi connectivity index (χ3v) is 2.11. The molecule has 0 fully saturated rings. The summed E-state index contributed by atoms with van der Waals surface area (Å²) in [6, 6.07) is 0. The van der Waals surface area contributed by atoms with Crippen LogP contribution in [-0.2, 0) is 14.4 Å². The molecule has 3 amide bonds. The van der Waals surface area contributed by atoms with Crippen LogP contribution >= 0.6 is 0 Å². The molecule has 17 heavy (non-hydrogen) atoms. The summed E-state index contributed by atoms with van der Waals surface area (Å²) in [5, 5.41) is 11.2. The van der Waals surface area contributed by atoms with E-state index in [-0.39, 0.29) is 30.7 Å². The number of nitrogens with one attached hydrogen (secondary N) is 2. The average molecular weight is 239 g/mol. The van der Waals surface area contributed by atoms with E-state index in [4.69, 9.17) is 5.02 Å². The molecule has 0 radical (unpaired) electrons. The van der Waals surface area contributed by atoms with Gasteiger partial charge in [0.1, 0.15) is 0 Å². The van der Waals surface area contributed by atoms with Gasteiger partial charge in [-0.25, -0.2) is 5.34 Å². The predicted molar refractivity (Wildman–Crippen MR) is 60.2 cm³/mol. The van der Waals surface area contributed by atoms with Crippen LogP contribution in [0.25, 0.3) is 0 Å². The molecule has 0 atom stereocenters. The van der Waals surface area contributed by atoms with E-state index in [9.17, 15) is 14.4 Å². The number of carbonyl (C=O) groups is 3. The minimum Gasteiger partial charge on any atom is -0.436 e. The summed E-state index contributed by atoms with van der Waals surface area (Å²) in [4.78, 5) is 34.6. The molecule has 0 unspecified atom stereocenters. The van der Waals surface area contributed by atoms with Gasteiger partial charge in [-0.3, -0.25) is 19.3 Å². The summed E-state index contributed by atoms with van der Waals surface area (Å²) in [5.41, 5.74) is 2.29. The molecule has 0 saturated heterocycles. The van der Waals surface area contributed by atoms with Crippen LogP contribution in [0.1, 0.15) is 12.8 Å². The molecule has 1 rings (SSSR count). The van der Waals surface area contributed by atoms with Crippen LogP contribution in [0.3, 0.4) is 0 Å². The average Bonchev–Trinajstić information content (AvgIpc) is 2.57. The van der Waals surface area contributed by atoms with Crippen molar-refractivity contribution in [3.8, 4) is 0 Å². The normalized spacial score (nSPS) is 14.4. The summed E-state index contributed by atoms with van der Waals surface area (Å²) >= 11 is 0. The molecule has 1 aliphatic rings. The van der Waals surface area contributed by atoms with E-state index in [2.05, 4.69) is 10.8 Å². The van der Waals surface area contributed by atoms with E-state index in [0.717, 1.165) is 4.90 Å². The fraction of sp³-hybridized carbons (Fsp3) is 0.444. The quantitative estimate of drug-likeness (QED) is 0.295. The van der Waals surface area contributed by atoms with E-state index < -0.39 is 7.05 Å². The Bertz CT molecular complexity index is 338. The van der Waals surface area contributed by atoms with Gasteiger partial charge in [0.2, 0.25) is 5.91 Å². The van der Waals surface area contributed by atoms with Crippen molar-refractivity contribution >= 4 is 24.8 Å². The largest absolute Gasteiger partial charge is 0.436 e. The minimum atomic E-state index is -0.829. The molecule has 0 aliphatic carbocycles. The summed E-state index contributed by atoms with van der Waals surface area (Å²) in [7, 11) is -0.829. The van der Waals surface area contributed by atoms with Gasteiger partial charge in [0.25, 0.3) is 11.8 Å². The van der Waals surface area contributed by atoms with Crippen LogP contribution in [-0.4, -0.2) is 41.2 Å². The Kier molecular flexibility index (Phi) is 4.86. The van der Waals surface area contributed by atoms with Crippen LogP contribution in [0.15, 0.2) is 12.2 Å². The van der Waals surface area contributed by atoms with Crippen LogP contribution in [0.4, 0.5) is 0 Å². The highest BCUT2D eigenvalue weighted by atomic mass is 16.2. The second-order valence-electron chi connectivity index (χ2n) is 3.63. The summed E-state index contributed by atoms with van der Waals surface area (Å²) in [5.74, 6) is -1.01. The Hall–Kier alpha value is -1.67. The maximum atomic E-state index is 11.2. The van der Waals surface area contributed by atoms with Crippen LogP contribution in [0, 0.1) is 0 Å². The van der Waals surface area contributed by atoms with Gasteiger partial charge in [-0.05, 0) is 13.2 Å². The molecule has 8 heteroatoms. The van der Waals surface area contributed by atoms with Gasteiger partial charge in [-0.2, -0.15) is 0 Å². The zero-order valence-electron chi connectivity index (χ0n) is 9.47. The first-order chi connectivity index (χ1) is 8.00. The molecule has 0 bridgehead atoms. The molecule has 92 valence electrons. The molecule has 1 aliphatic heterocycles. The Morgan fingerprint density at radius 2 is 2.00 bits per heavy atom. The van der Waals surface area contributed by atoms with Crippen LogP contribution in [0.2, 0.25) is 6.82 Å². The van der Waals surface area contributed by atoms with Gasteiger partial charge in [0.05, 0.1) is 0 Å². The van der Waals surface area contributed by atoms with Gasteiger partial charge >= 0.3 is 7.05 Å². The van der Waals surface area contributed by atoms with Gasteiger partial charge < -0.3 is 10.4 Å². The number of hydrogen-bond acceptors (Lipinski definition) is 5. The molecule has 1 heterocycles.